The first-order valence-corrected chi connectivity index (χ1v) is 11.9. The summed E-state index contributed by atoms with van der Waals surface area (Å²) in [6.07, 6.45) is 5.80. The molecule has 0 spiro atoms. The van der Waals surface area contributed by atoms with Gasteiger partial charge in [0.05, 0.1) is 10.9 Å². The third-order valence-corrected chi connectivity index (χ3v) is 7.98. The summed E-state index contributed by atoms with van der Waals surface area (Å²) in [5.74, 6) is -0.208. The summed E-state index contributed by atoms with van der Waals surface area (Å²) >= 11 is 0. The SMILES string of the molecule is Cc1ccc(S(=O)(=O)N2CCCCC2)cc1C(=O)N[C@H]1CCCc2ccccc21. The molecular formula is C23H28N2O3S. The molecule has 6 heteroatoms. The van der Waals surface area contributed by atoms with Crippen molar-refractivity contribution in [1.82, 2.24) is 9.62 Å². The molecule has 1 amide bonds. The van der Waals surface area contributed by atoms with E-state index in [0.717, 1.165) is 44.1 Å². The number of hydrogen-bond acceptors (Lipinski definition) is 3. The zero-order valence-electron chi connectivity index (χ0n) is 16.9. The minimum atomic E-state index is -3.56. The molecule has 2 aromatic carbocycles. The van der Waals surface area contributed by atoms with E-state index < -0.39 is 10.0 Å². The van der Waals surface area contributed by atoms with Gasteiger partial charge in [-0.3, -0.25) is 4.79 Å². The summed E-state index contributed by atoms with van der Waals surface area (Å²) in [6.45, 7) is 2.95. The highest BCUT2D eigenvalue weighted by Gasteiger charge is 2.28. The van der Waals surface area contributed by atoms with Gasteiger partial charge in [0.25, 0.3) is 5.91 Å². The number of nitrogens with one attached hydrogen (secondary N) is 1. The van der Waals surface area contributed by atoms with Crippen molar-refractivity contribution in [3.8, 4) is 0 Å². The molecule has 4 rings (SSSR count). The first kappa shape index (κ1) is 20.1. The lowest BCUT2D eigenvalue weighted by Gasteiger charge is -2.27. The lowest BCUT2D eigenvalue weighted by Crippen LogP contribution is -2.36. The van der Waals surface area contributed by atoms with E-state index in [-0.39, 0.29) is 16.8 Å². The molecule has 0 aromatic heterocycles. The Balaban J connectivity index is 1.59. The molecule has 29 heavy (non-hydrogen) atoms. The Morgan fingerprint density at radius 3 is 2.59 bits per heavy atom. The second-order valence-electron chi connectivity index (χ2n) is 8.06. The monoisotopic (exact) mass is 412 g/mol. The van der Waals surface area contributed by atoms with Gasteiger partial charge in [0.1, 0.15) is 0 Å². The zero-order chi connectivity index (χ0) is 20.4. The molecule has 1 heterocycles. The van der Waals surface area contributed by atoms with Crippen molar-refractivity contribution in [1.29, 1.82) is 0 Å². The Bertz CT molecular complexity index is 1010. The van der Waals surface area contributed by atoms with Crippen LogP contribution in [0, 0.1) is 6.92 Å². The predicted octanol–water partition coefficient (Wildman–Crippen LogP) is 3.98. The number of piperidine rings is 1. The Morgan fingerprint density at radius 1 is 1.03 bits per heavy atom. The molecule has 5 nitrogen and oxygen atoms in total. The van der Waals surface area contributed by atoms with Gasteiger partial charge in [0.15, 0.2) is 0 Å². The van der Waals surface area contributed by atoms with Crippen molar-refractivity contribution in [2.45, 2.75) is 56.4 Å². The number of aryl methyl sites for hydroxylation is 2. The van der Waals surface area contributed by atoms with Crippen LogP contribution in [0.2, 0.25) is 0 Å². The number of rotatable bonds is 4. The summed E-state index contributed by atoms with van der Waals surface area (Å²) in [6, 6.07) is 13.1. The summed E-state index contributed by atoms with van der Waals surface area (Å²) in [7, 11) is -3.56. The van der Waals surface area contributed by atoms with Gasteiger partial charge >= 0.3 is 0 Å². The zero-order valence-corrected chi connectivity index (χ0v) is 17.7. The third-order valence-electron chi connectivity index (χ3n) is 6.08. The second kappa shape index (κ2) is 8.28. The van der Waals surface area contributed by atoms with E-state index in [0.29, 0.717) is 18.7 Å². The Kier molecular flexibility index (Phi) is 5.74. The van der Waals surface area contributed by atoms with Gasteiger partial charge in [-0.15, -0.1) is 0 Å². The molecule has 0 unspecified atom stereocenters. The van der Waals surface area contributed by atoms with Crippen LogP contribution in [-0.2, 0) is 16.4 Å². The molecule has 1 fully saturated rings. The van der Waals surface area contributed by atoms with Crippen LogP contribution < -0.4 is 5.32 Å². The quantitative estimate of drug-likeness (QED) is 0.826. The fourth-order valence-electron chi connectivity index (χ4n) is 4.40. The average Bonchev–Trinajstić information content (AvgIpc) is 2.75. The number of benzene rings is 2. The fourth-order valence-corrected chi connectivity index (χ4v) is 5.94. The lowest BCUT2D eigenvalue weighted by atomic mass is 9.87. The average molecular weight is 413 g/mol. The van der Waals surface area contributed by atoms with Crippen LogP contribution in [-0.4, -0.2) is 31.7 Å². The molecule has 1 aliphatic heterocycles. The van der Waals surface area contributed by atoms with Crippen LogP contribution in [0.4, 0.5) is 0 Å². The van der Waals surface area contributed by atoms with Crippen LogP contribution in [0.25, 0.3) is 0 Å². The van der Waals surface area contributed by atoms with Crippen LogP contribution in [0.1, 0.15) is 65.2 Å². The molecule has 2 aliphatic rings. The maximum absolute atomic E-state index is 13.1. The summed E-state index contributed by atoms with van der Waals surface area (Å²) in [5.41, 5.74) is 3.67. The number of carbonyl (C=O) groups excluding carboxylic acids is 1. The predicted molar refractivity (Wildman–Crippen MR) is 113 cm³/mol. The number of nitrogens with zero attached hydrogens (tertiary/aromatic N) is 1. The second-order valence-corrected chi connectivity index (χ2v) is 10.00. The van der Waals surface area contributed by atoms with Crippen LogP contribution in [0.15, 0.2) is 47.4 Å². The number of amides is 1. The number of sulfonamides is 1. The highest BCUT2D eigenvalue weighted by molar-refractivity contribution is 7.89. The molecule has 1 N–H and O–H groups in total. The van der Waals surface area contributed by atoms with Gasteiger partial charge in [-0.25, -0.2) is 8.42 Å². The molecule has 0 bridgehead atoms. The van der Waals surface area contributed by atoms with Crippen molar-refractivity contribution in [3.05, 3.63) is 64.7 Å². The summed E-state index contributed by atoms with van der Waals surface area (Å²) < 4.78 is 27.6. The van der Waals surface area contributed by atoms with Gasteiger partial charge in [-0.1, -0.05) is 36.8 Å². The van der Waals surface area contributed by atoms with E-state index in [1.165, 1.54) is 11.1 Å². The fraction of sp³-hybridized carbons (Fsp3) is 0.435. The third kappa shape index (κ3) is 4.09. The molecule has 1 aliphatic carbocycles. The Hall–Kier alpha value is -2.18. The number of carbonyl (C=O) groups is 1. The maximum atomic E-state index is 13.1. The van der Waals surface area contributed by atoms with E-state index in [4.69, 9.17) is 0 Å². The summed E-state index contributed by atoms with van der Waals surface area (Å²) in [4.78, 5) is 13.3. The standard InChI is InChI=1S/C23H28N2O3S/c1-17-12-13-19(29(27,28)25-14-5-2-6-15-25)16-21(17)23(26)24-22-11-7-9-18-8-3-4-10-20(18)22/h3-4,8,10,12-13,16,22H,2,5-7,9,11,14-15H2,1H3,(H,24,26)/t22-/m0/s1. The minimum Gasteiger partial charge on any atom is -0.345 e. The van der Waals surface area contributed by atoms with Gasteiger partial charge in [0, 0.05) is 18.7 Å². The molecule has 154 valence electrons. The van der Waals surface area contributed by atoms with E-state index in [2.05, 4.69) is 17.4 Å². The topological polar surface area (TPSA) is 66.5 Å². The van der Waals surface area contributed by atoms with E-state index in [9.17, 15) is 13.2 Å². The first-order chi connectivity index (χ1) is 14.0. The van der Waals surface area contributed by atoms with Crippen molar-refractivity contribution in [3.63, 3.8) is 0 Å². The van der Waals surface area contributed by atoms with Gasteiger partial charge in [0.2, 0.25) is 10.0 Å². The van der Waals surface area contributed by atoms with Crippen molar-refractivity contribution < 1.29 is 13.2 Å². The largest absolute Gasteiger partial charge is 0.345 e. The van der Waals surface area contributed by atoms with E-state index in [1.54, 1.807) is 22.5 Å². The van der Waals surface area contributed by atoms with Crippen LogP contribution >= 0.6 is 0 Å². The lowest BCUT2D eigenvalue weighted by molar-refractivity contribution is 0.0932. The van der Waals surface area contributed by atoms with Crippen molar-refractivity contribution >= 4 is 15.9 Å². The molecule has 1 atom stereocenters. The van der Waals surface area contributed by atoms with Gasteiger partial charge in [-0.05, 0) is 67.9 Å². The Labute approximate surface area is 173 Å². The van der Waals surface area contributed by atoms with Crippen molar-refractivity contribution in [2.24, 2.45) is 0 Å². The van der Waals surface area contributed by atoms with E-state index in [1.807, 2.05) is 19.1 Å². The molecular weight excluding hydrogens is 384 g/mol. The van der Waals surface area contributed by atoms with Gasteiger partial charge in [-0.2, -0.15) is 4.31 Å². The van der Waals surface area contributed by atoms with Crippen molar-refractivity contribution in [2.75, 3.05) is 13.1 Å². The molecule has 2 aromatic rings. The van der Waals surface area contributed by atoms with Gasteiger partial charge < -0.3 is 5.32 Å². The number of fused-ring (bicyclic) bond motifs is 1. The smallest absolute Gasteiger partial charge is 0.252 e. The van der Waals surface area contributed by atoms with Crippen LogP contribution in [0.3, 0.4) is 0 Å². The summed E-state index contributed by atoms with van der Waals surface area (Å²) in [5, 5.41) is 3.14. The highest BCUT2D eigenvalue weighted by Crippen LogP contribution is 2.30. The highest BCUT2D eigenvalue weighted by atomic mass is 32.2. The molecule has 1 saturated heterocycles. The maximum Gasteiger partial charge on any atom is 0.252 e. The number of hydrogen-bond donors (Lipinski definition) is 1. The van der Waals surface area contributed by atoms with Crippen LogP contribution in [0.5, 0.6) is 0 Å². The minimum absolute atomic E-state index is 0.0331. The van der Waals surface area contributed by atoms with E-state index >= 15 is 0 Å². The molecule has 0 radical (unpaired) electrons. The Morgan fingerprint density at radius 2 is 1.79 bits per heavy atom. The normalized spacial score (nSPS) is 20.1. The first-order valence-electron chi connectivity index (χ1n) is 10.5. The molecule has 0 saturated carbocycles.